The van der Waals surface area contributed by atoms with Gasteiger partial charge in [-0.05, 0) is 25.4 Å². The molecule has 2 N–H and O–H groups in total. The van der Waals surface area contributed by atoms with Crippen LogP contribution in [0.4, 0.5) is 0 Å². The van der Waals surface area contributed by atoms with Gasteiger partial charge >= 0.3 is 0 Å². The van der Waals surface area contributed by atoms with E-state index in [0.29, 0.717) is 5.41 Å². The molecule has 1 unspecified atom stereocenters. The van der Waals surface area contributed by atoms with Gasteiger partial charge in [0.05, 0.1) is 6.54 Å². The molecule has 84 valence electrons. The van der Waals surface area contributed by atoms with E-state index in [1.54, 1.807) is 6.33 Å². The summed E-state index contributed by atoms with van der Waals surface area (Å²) in [5.74, 6) is 0.937. The second kappa shape index (κ2) is 4.28. The Labute approximate surface area is 90.3 Å². The first-order chi connectivity index (χ1) is 7.18. The third kappa shape index (κ3) is 2.76. The highest BCUT2D eigenvalue weighted by Gasteiger charge is 2.29. The molecule has 0 amide bonds. The molecule has 15 heavy (non-hydrogen) atoms. The highest BCUT2D eigenvalue weighted by atomic mass is 15.2. The number of H-pyrrole nitrogens is 1. The molecule has 0 radical (unpaired) electrons. The second-order valence-electron chi connectivity index (χ2n) is 4.84. The van der Waals surface area contributed by atoms with E-state index in [-0.39, 0.29) is 0 Å². The molecule has 1 atom stereocenters. The Morgan fingerprint density at radius 2 is 2.47 bits per heavy atom. The molecule has 2 rings (SSSR count). The van der Waals surface area contributed by atoms with Crippen LogP contribution < -0.4 is 5.32 Å². The second-order valence-corrected chi connectivity index (χ2v) is 4.84. The molecule has 5 heteroatoms. The van der Waals surface area contributed by atoms with Crippen LogP contribution in [0.1, 0.15) is 19.2 Å². The van der Waals surface area contributed by atoms with Crippen LogP contribution in [0.2, 0.25) is 0 Å². The van der Waals surface area contributed by atoms with Crippen molar-refractivity contribution in [1.29, 1.82) is 0 Å². The van der Waals surface area contributed by atoms with Crippen molar-refractivity contribution in [2.45, 2.75) is 19.9 Å². The number of hydrogen-bond donors (Lipinski definition) is 2. The highest BCUT2D eigenvalue weighted by Crippen LogP contribution is 2.25. The smallest absolute Gasteiger partial charge is 0.138 e. The zero-order valence-corrected chi connectivity index (χ0v) is 9.45. The van der Waals surface area contributed by atoms with Crippen LogP contribution in [0.25, 0.3) is 0 Å². The molecule has 0 aromatic carbocycles. The Balaban J connectivity index is 1.84. The molecule has 0 saturated carbocycles. The lowest BCUT2D eigenvalue weighted by Gasteiger charge is -2.28. The van der Waals surface area contributed by atoms with Crippen molar-refractivity contribution in [3.8, 4) is 0 Å². The molecule has 0 aliphatic carbocycles. The van der Waals surface area contributed by atoms with Crippen LogP contribution >= 0.6 is 0 Å². The zero-order valence-electron chi connectivity index (χ0n) is 9.45. The Morgan fingerprint density at radius 3 is 3.07 bits per heavy atom. The summed E-state index contributed by atoms with van der Waals surface area (Å²) in [6.45, 7) is 6.54. The van der Waals surface area contributed by atoms with E-state index in [4.69, 9.17) is 0 Å². The van der Waals surface area contributed by atoms with Crippen molar-refractivity contribution in [2.75, 3.05) is 26.7 Å². The molecule has 1 aliphatic heterocycles. The third-order valence-corrected chi connectivity index (χ3v) is 2.99. The monoisotopic (exact) mass is 209 g/mol. The lowest BCUT2D eigenvalue weighted by atomic mass is 9.89. The Morgan fingerprint density at radius 1 is 1.60 bits per heavy atom. The van der Waals surface area contributed by atoms with Gasteiger partial charge < -0.3 is 5.32 Å². The van der Waals surface area contributed by atoms with Gasteiger partial charge in [-0.25, -0.2) is 4.98 Å². The quantitative estimate of drug-likeness (QED) is 0.745. The minimum Gasteiger partial charge on any atom is -0.316 e. The first kappa shape index (κ1) is 10.6. The predicted molar refractivity (Wildman–Crippen MR) is 58.3 cm³/mol. The summed E-state index contributed by atoms with van der Waals surface area (Å²) in [5.41, 5.74) is 0.411. The van der Waals surface area contributed by atoms with Crippen molar-refractivity contribution in [2.24, 2.45) is 5.41 Å². The molecular weight excluding hydrogens is 190 g/mol. The van der Waals surface area contributed by atoms with Gasteiger partial charge in [0.25, 0.3) is 0 Å². The fourth-order valence-corrected chi connectivity index (χ4v) is 2.27. The minimum absolute atomic E-state index is 0.411. The van der Waals surface area contributed by atoms with Crippen LogP contribution in [0.5, 0.6) is 0 Å². The maximum Gasteiger partial charge on any atom is 0.138 e. The SMILES string of the molecule is CN(Cc1ncn[nH]1)CC1(C)CCNC1. The van der Waals surface area contributed by atoms with E-state index in [9.17, 15) is 0 Å². The zero-order chi connectivity index (χ0) is 10.7. The van der Waals surface area contributed by atoms with E-state index < -0.39 is 0 Å². The number of aromatic nitrogens is 3. The van der Waals surface area contributed by atoms with Crippen molar-refractivity contribution in [3.05, 3.63) is 12.2 Å². The van der Waals surface area contributed by atoms with E-state index >= 15 is 0 Å². The van der Waals surface area contributed by atoms with E-state index in [1.807, 2.05) is 0 Å². The third-order valence-electron chi connectivity index (χ3n) is 2.99. The fraction of sp³-hybridized carbons (Fsp3) is 0.800. The molecule has 1 aromatic heterocycles. The van der Waals surface area contributed by atoms with E-state index in [2.05, 4.69) is 39.4 Å². The first-order valence-electron chi connectivity index (χ1n) is 5.41. The minimum atomic E-state index is 0.411. The van der Waals surface area contributed by atoms with Gasteiger partial charge in [0.15, 0.2) is 0 Å². The van der Waals surface area contributed by atoms with Crippen LogP contribution in [-0.2, 0) is 6.54 Å². The van der Waals surface area contributed by atoms with E-state index in [1.165, 1.54) is 6.42 Å². The number of aromatic amines is 1. The standard InChI is InChI=1S/C10H19N5/c1-10(3-4-11-6-10)7-15(2)5-9-12-8-13-14-9/h8,11H,3-7H2,1-2H3,(H,12,13,14). The molecular formula is C10H19N5. The highest BCUT2D eigenvalue weighted by molar-refractivity contribution is 4.87. The average molecular weight is 209 g/mol. The normalized spacial score (nSPS) is 26.3. The van der Waals surface area contributed by atoms with Crippen LogP contribution in [0.3, 0.4) is 0 Å². The van der Waals surface area contributed by atoms with Gasteiger partial charge in [-0.15, -0.1) is 0 Å². The molecule has 1 saturated heterocycles. The van der Waals surface area contributed by atoms with Gasteiger partial charge in [-0.2, -0.15) is 5.10 Å². The predicted octanol–water partition coefficient (Wildman–Crippen LogP) is 0.236. The van der Waals surface area contributed by atoms with Crippen LogP contribution in [-0.4, -0.2) is 46.8 Å². The van der Waals surface area contributed by atoms with Gasteiger partial charge in [-0.1, -0.05) is 6.92 Å². The summed E-state index contributed by atoms with van der Waals surface area (Å²) in [5, 5.41) is 10.2. The molecule has 2 heterocycles. The van der Waals surface area contributed by atoms with Gasteiger partial charge in [-0.3, -0.25) is 10.00 Å². The molecule has 1 aliphatic rings. The first-order valence-corrected chi connectivity index (χ1v) is 5.41. The van der Waals surface area contributed by atoms with Crippen molar-refractivity contribution >= 4 is 0 Å². The van der Waals surface area contributed by atoms with Crippen molar-refractivity contribution < 1.29 is 0 Å². The number of rotatable bonds is 4. The van der Waals surface area contributed by atoms with E-state index in [0.717, 1.165) is 32.0 Å². The van der Waals surface area contributed by atoms with Gasteiger partial charge in [0.2, 0.25) is 0 Å². The van der Waals surface area contributed by atoms with Crippen LogP contribution in [0, 0.1) is 5.41 Å². The van der Waals surface area contributed by atoms with Gasteiger partial charge in [0, 0.05) is 13.1 Å². The number of nitrogens with one attached hydrogen (secondary N) is 2. The molecule has 5 nitrogen and oxygen atoms in total. The summed E-state index contributed by atoms with van der Waals surface area (Å²) < 4.78 is 0. The maximum absolute atomic E-state index is 4.13. The van der Waals surface area contributed by atoms with Crippen LogP contribution in [0.15, 0.2) is 6.33 Å². The summed E-state index contributed by atoms with van der Waals surface area (Å²) in [6.07, 6.45) is 2.82. The van der Waals surface area contributed by atoms with Crippen molar-refractivity contribution in [1.82, 2.24) is 25.4 Å². The Hall–Kier alpha value is -0.940. The number of nitrogens with zero attached hydrogens (tertiary/aromatic N) is 3. The largest absolute Gasteiger partial charge is 0.316 e. The maximum atomic E-state index is 4.13. The van der Waals surface area contributed by atoms with Crippen molar-refractivity contribution in [3.63, 3.8) is 0 Å². The summed E-state index contributed by atoms with van der Waals surface area (Å²) in [4.78, 5) is 6.43. The number of hydrogen-bond acceptors (Lipinski definition) is 4. The Bertz CT molecular complexity index is 289. The summed E-state index contributed by atoms with van der Waals surface area (Å²) in [7, 11) is 2.13. The van der Waals surface area contributed by atoms with Gasteiger partial charge in [0.1, 0.15) is 12.2 Å². The molecule has 1 fully saturated rings. The lowest BCUT2D eigenvalue weighted by Crippen LogP contribution is -2.35. The lowest BCUT2D eigenvalue weighted by molar-refractivity contribution is 0.200. The average Bonchev–Trinajstić information content (AvgIpc) is 2.76. The topological polar surface area (TPSA) is 56.8 Å². The fourth-order valence-electron chi connectivity index (χ4n) is 2.27. The Kier molecular flexibility index (Phi) is 3.02. The molecule has 0 spiro atoms. The summed E-state index contributed by atoms with van der Waals surface area (Å²) in [6, 6.07) is 0. The summed E-state index contributed by atoms with van der Waals surface area (Å²) >= 11 is 0. The molecule has 0 bridgehead atoms. The molecule has 1 aromatic rings.